The van der Waals surface area contributed by atoms with Crippen molar-refractivity contribution in [2.75, 3.05) is 19.6 Å². The number of allylic oxidation sites excluding steroid dienone is 1. The molecule has 0 aromatic heterocycles. The second-order valence-corrected chi connectivity index (χ2v) is 6.31. The van der Waals surface area contributed by atoms with Gasteiger partial charge in [-0.2, -0.15) is 0 Å². The third-order valence-corrected chi connectivity index (χ3v) is 4.25. The van der Waals surface area contributed by atoms with Gasteiger partial charge in [0, 0.05) is 25.2 Å². The lowest BCUT2D eigenvalue weighted by Crippen LogP contribution is -2.65. The Morgan fingerprint density at radius 3 is 2.53 bits per heavy atom. The van der Waals surface area contributed by atoms with E-state index in [1.165, 1.54) is 5.56 Å². The summed E-state index contributed by atoms with van der Waals surface area (Å²) in [7, 11) is 0. The molecule has 2 heteroatoms. The molecule has 1 heterocycles. The van der Waals surface area contributed by atoms with E-state index in [0.29, 0.717) is 0 Å². The molecule has 1 aromatic rings. The third-order valence-electron chi connectivity index (χ3n) is 4.25. The Labute approximate surface area is 117 Å². The van der Waals surface area contributed by atoms with Crippen molar-refractivity contribution in [2.24, 2.45) is 0 Å². The van der Waals surface area contributed by atoms with Crippen LogP contribution in [0.4, 0.5) is 0 Å². The number of hydrogen-bond acceptors (Lipinski definition) is 2. The van der Waals surface area contributed by atoms with Gasteiger partial charge in [0.15, 0.2) is 0 Å². The Balaban J connectivity index is 2.21. The first-order valence-electron chi connectivity index (χ1n) is 7.15. The summed E-state index contributed by atoms with van der Waals surface area (Å²) < 4.78 is 0. The van der Waals surface area contributed by atoms with Gasteiger partial charge in [-0.25, -0.2) is 0 Å². The van der Waals surface area contributed by atoms with Crippen molar-refractivity contribution in [3.63, 3.8) is 0 Å². The summed E-state index contributed by atoms with van der Waals surface area (Å²) in [6.07, 6.45) is 4.39. The average molecular weight is 258 g/mol. The highest BCUT2D eigenvalue weighted by Gasteiger charge is 2.40. The fourth-order valence-corrected chi connectivity index (χ4v) is 2.72. The van der Waals surface area contributed by atoms with Crippen LogP contribution in [-0.4, -0.2) is 30.1 Å². The summed E-state index contributed by atoms with van der Waals surface area (Å²) in [5.41, 5.74) is 1.61. The molecule has 1 fully saturated rings. The van der Waals surface area contributed by atoms with E-state index in [2.05, 4.69) is 80.4 Å². The van der Waals surface area contributed by atoms with Gasteiger partial charge in [-0.05, 0) is 33.3 Å². The van der Waals surface area contributed by atoms with Crippen LogP contribution in [0.15, 0.2) is 42.5 Å². The molecule has 1 aromatic carbocycles. The van der Waals surface area contributed by atoms with Crippen LogP contribution in [-0.2, 0) is 5.54 Å². The van der Waals surface area contributed by atoms with E-state index in [0.717, 1.165) is 19.6 Å². The third kappa shape index (κ3) is 3.07. The smallest absolute Gasteiger partial charge is 0.0535 e. The van der Waals surface area contributed by atoms with Gasteiger partial charge in [0.05, 0.1) is 5.54 Å². The van der Waals surface area contributed by atoms with Crippen LogP contribution in [0, 0.1) is 0 Å². The first-order valence-corrected chi connectivity index (χ1v) is 7.15. The van der Waals surface area contributed by atoms with Crippen molar-refractivity contribution >= 4 is 0 Å². The van der Waals surface area contributed by atoms with E-state index >= 15 is 0 Å². The molecule has 0 bridgehead atoms. The standard InChI is InChI=1S/C17H26N2/c1-5-6-12-19-14-17(4,18-13-16(19,2)3)15-10-8-7-9-11-15/h5-11,18H,12-14H2,1-4H3/b6-5+. The molecule has 0 aliphatic carbocycles. The van der Waals surface area contributed by atoms with Crippen molar-refractivity contribution in [1.29, 1.82) is 0 Å². The van der Waals surface area contributed by atoms with Gasteiger partial charge in [-0.3, -0.25) is 4.90 Å². The molecule has 0 saturated carbocycles. The fraction of sp³-hybridized carbons (Fsp3) is 0.529. The summed E-state index contributed by atoms with van der Waals surface area (Å²) in [5.74, 6) is 0. The number of hydrogen-bond donors (Lipinski definition) is 1. The lowest BCUT2D eigenvalue weighted by Gasteiger charge is -2.50. The predicted molar refractivity (Wildman–Crippen MR) is 82.3 cm³/mol. The van der Waals surface area contributed by atoms with Crippen LogP contribution in [0.2, 0.25) is 0 Å². The zero-order valence-electron chi connectivity index (χ0n) is 12.6. The fourth-order valence-electron chi connectivity index (χ4n) is 2.72. The van der Waals surface area contributed by atoms with E-state index in [1.807, 2.05) is 0 Å². The molecule has 2 rings (SSSR count). The molecule has 2 nitrogen and oxygen atoms in total. The molecule has 19 heavy (non-hydrogen) atoms. The van der Waals surface area contributed by atoms with Gasteiger partial charge >= 0.3 is 0 Å². The zero-order valence-corrected chi connectivity index (χ0v) is 12.6. The lowest BCUT2D eigenvalue weighted by atomic mass is 9.85. The van der Waals surface area contributed by atoms with Gasteiger partial charge in [0.1, 0.15) is 0 Å². The first-order chi connectivity index (χ1) is 8.98. The molecule has 104 valence electrons. The molecular weight excluding hydrogens is 232 g/mol. The van der Waals surface area contributed by atoms with Crippen molar-refractivity contribution in [1.82, 2.24) is 10.2 Å². The minimum Gasteiger partial charge on any atom is -0.305 e. The van der Waals surface area contributed by atoms with E-state index in [1.54, 1.807) is 0 Å². The van der Waals surface area contributed by atoms with Crippen LogP contribution < -0.4 is 5.32 Å². The maximum Gasteiger partial charge on any atom is 0.0535 e. The molecule has 1 N–H and O–H groups in total. The highest BCUT2D eigenvalue weighted by molar-refractivity contribution is 5.25. The summed E-state index contributed by atoms with van der Waals surface area (Å²) in [5, 5.41) is 3.74. The topological polar surface area (TPSA) is 15.3 Å². The average Bonchev–Trinajstić information content (AvgIpc) is 2.41. The summed E-state index contributed by atoms with van der Waals surface area (Å²) >= 11 is 0. The van der Waals surface area contributed by atoms with E-state index in [-0.39, 0.29) is 11.1 Å². The Morgan fingerprint density at radius 1 is 1.21 bits per heavy atom. The van der Waals surface area contributed by atoms with Crippen LogP contribution in [0.5, 0.6) is 0 Å². The number of benzene rings is 1. The van der Waals surface area contributed by atoms with Gasteiger partial charge in [-0.1, -0.05) is 42.5 Å². The molecule has 0 amide bonds. The second-order valence-electron chi connectivity index (χ2n) is 6.31. The minimum absolute atomic E-state index is 0.0400. The van der Waals surface area contributed by atoms with Crippen LogP contribution >= 0.6 is 0 Å². The van der Waals surface area contributed by atoms with Crippen LogP contribution in [0.1, 0.15) is 33.3 Å². The monoisotopic (exact) mass is 258 g/mol. The predicted octanol–water partition coefficient (Wildman–Crippen LogP) is 3.16. The van der Waals surface area contributed by atoms with E-state index < -0.39 is 0 Å². The number of piperazine rings is 1. The van der Waals surface area contributed by atoms with Crippen molar-refractivity contribution < 1.29 is 0 Å². The minimum atomic E-state index is 0.0400. The number of nitrogens with zero attached hydrogens (tertiary/aromatic N) is 1. The molecular formula is C17H26N2. The number of nitrogens with one attached hydrogen (secondary N) is 1. The Hall–Kier alpha value is -1.12. The van der Waals surface area contributed by atoms with Gasteiger partial charge < -0.3 is 5.32 Å². The number of rotatable bonds is 3. The Kier molecular flexibility index (Phi) is 4.12. The van der Waals surface area contributed by atoms with Crippen molar-refractivity contribution in [3.05, 3.63) is 48.0 Å². The first kappa shape index (κ1) is 14.3. The lowest BCUT2D eigenvalue weighted by molar-refractivity contribution is 0.0417. The van der Waals surface area contributed by atoms with E-state index in [4.69, 9.17) is 0 Å². The summed E-state index contributed by atoms with van der Waals surface area (Å²) in [4.78, 5) is 2.57. The normalized spacial score (nSPS) is 27.8. The molecule has 1 atom stereocenters. The SMILES string of the molecule is C/C=C/CN1CC(C)(c2ccccc2)NCC1(C)C. The highest BCUT2D eigenvalue weighted by atomic mass is 15.3. The van der Waals surface area contributed by atoms with Gasteiger partial charge in [-0.15, -0.1) is 0 Å². The highest BCUT2D eigenvalue weighted by Crippen LogP contribution is 2.30. The maximum absolute atomic E-state index is 3.74. The van der Waals surface area contributed by atoms with Crippen molar-refractivity contribution in [2.45, 2.75) is 38.8 Å². The van der Waals surface area contributed by atoms with Crippen LogP contribution in [0.3, 0.4) is 0 Å². The van der Waals surface area contributed by atoms with Crippen molar-refractivity contribution in [3.8, 4) is 0 Å². The maximum atomic E-state index is 3.74. The summed E-state index contributed by atoms with van der Waals surface area (Å²) in [6, 6.07) is 10.8. The molecule has 0 spiro atoms. The van der Waals surface area contributed by atoms with Gasteiger partial charge in [0.25, 0.3) is 0 Å². The second kappa shape index (κ2) is 5.48. The molecule has 0 radical (unpaired) electrons. The summed E-state index contributed by atoms with van der Waals surface area (Å²) in [6.45, 7) is 12.1. The van der Waals surface area contributed by atoms with Gasteiger partial charge in [0.2, 0.25) is 0 Å². The zero-order chi connectivity index (χ0) is 13.9. The van der Waals surface area contributed by atoms with E-state index in [9.17, 15) is 0 Å². The molecule has 1 aliphatic heterocycles. The molecule has 1 aliphatic rings. The molecule has 1 saturated heterocycles. The van der Waals surface area contributed by atoms with Crippen LogP contribution in [0.25, 0.3) is 0 Å². The quantitative estimate of drug-likeness (QED) is 0.838. The largest absolute Gasteiger partial charge is 0.305 e. The Morgan fingerprint density at radius 2 is 1.89 bits per heavy atom. The Bertz CT molecular complexity index is 436. The molecule has 1 unspecified atom stereocenters.